The molecule has 0 amide bonds. The molecule has 98 valence electrons. The lowest BCUT2D eigenvalue weighted by Crippen LogP contribution is -2.31. The predicted octanol–water partition coefficient (Wildman–Crippen LogP) is 0.147. The van der Waals surface area contributed by atoms with Gasteiger partial charge in [0.25, 0.3) is 0 Å². The second-order valence-corrected chi connectivity index (χ2v) is 5.85. The molecule has 0 aromatic carbocycles. The van der Waals surface area contributed by atoms with Gasteiger partial charge in [0.1, 0.15) is 4.90 Å². The van der Waals surface area contributed by atoms with Gasteiger partial charge < -0.3 is 5.43 Å². The Bertz CT molecular complexity index is 552. The molecule has 0 saturated heterocycles. The number of nitrogen functional groups attached to an aromatic ring is 1. The van der Waals surface area contributed by atoms with Crippen molar-refractivity contribution >= 4 is 15.7 Å². The Morgan fingerprint density at radius 1 is 1.67 bits per heavy atom. The van der Waals surface area contributed by atoms with E-state index in [1.165, 1.54) is 25.5 Å². The normalized spacial score (nSPS) is 13.1. The van der Waals surface area contributed by atoms with E-state index in [1.807, 2.05) is 6.07 Å². The van der Waals surface area contributed by atoms with Crippen molar-refractivity contribution < 1.29 is 8.42 Å². The molecule has 1 heterocycles. The van der Waals surface area contributed by atoms with Crippen LogP contribution in [0.5, 0.6) is 0 Å². The number of pyridine rings is 1. The molecule has 0 spiro atoms. The molecule has 0 radical (unpaired) electrons. The molecule has 1 aromatic heterocycles. The first kappa shape index (κ1) is 14.4. The zero-order valence-corrected chi connectivity index (χ0v) is 11.0. The summed E-state index contributed by atoms with van der Waals surface area (Å²) in [6, 6.07) is 3.45. The van der Waals surface area contributed by atoms with Crippen LogP contribution < -0.4 is 11.3 Å². The highest BCUT2D eigenvalue weighted by Crippen LogP contribution is 2.22. The van der Waals surface area contributed by atoms with Crippen molar-refractivity contribution in [2.75, 3.05) is 19.0 Å². The SMILES string of the molecule is CC(C#N)CN(C)S(=O)(=O)c1cnccc1NN. The Kier molecular flexibility index (Phi) is 4.61. The Labute approximate surface area is 106 Å². The van der Waals surface area contributed by atoms with Gasteiger partial charge in [0.15, 0.2) is 0 Å². The van der Waals surface area contributed by atoms with E-state index >= 15 is 0 Å². The van der Waals surface area contributed by atoms with Crippen LogP contribution in [-0.2, 0) is 10.0 Å². The molecule has 1 aromatic rings. The van der Waals surface area contributed by atoms with Gasteiger partial charge >= 0.3 is 0 Å². The van der Waals surface area contributed by atoms with E-state index in [9.17, 15) is 8.42 Å². The van der Waals surface area contributed by atoms with Crippen molar-refractivity contribution in [2.45, 2.75) is 11.8 Å². The Hall–Kier alpha value is -1.69. The highest BCUT2D eigenvalue weighted by Gasteiger charge is 2.25. The lowest BCUT2D eigenvalue weighted by molar-refractivity contribution is 0.439. The van der Waals surface area contributed by atoms with Crippen molar-refractivity contribution in [1.82, 2.24) is 9.29 Å². The number of nitrogens with zero attached hydrogens (tertiary/aromatic N) is 3. The summed E-state index contributed by atoms with van der Waals surface area (Å²) in [6.07, 6.45) is 2.66. The molecule has 1 rings (SSSR count). The van der Waals surface area contributed by atoms with Gasteiger partial charge in [-0.25, -0.2) is 8.42 Å². The summed E-state index contributed by atoms with van der Waals surface area (Å²) in [6.45, 7) is 1.76. The summed E-state index contributed by atoms with van der Waals surface area (Å²) in [5, 5.41) is 8.70. The van der Waals surface area contributed by atoms with Crippen LogP contribution in [-0.4, -0.2) is 31.3 Å². The van der Waals surface area contributed by atoms with Gasteiger partial charge in [-0.15, -0.1) is 0 Å². The molecule has 0 saturated carbocycles. The van der Waals surface area contributed by atoms with Crippen LogP contribution >= 0.6 is 0 Å². The number of nitrogens with two attached hydrogens (primary N) is 1. The Morgan fingerprint density at radius 3 is 2.89 bits per heavy atom. The third-order valence-electron chi connectivity index (χ3n) is 2.38. The van der Waals surface area contributed by atoms with Crippen LogP contribution in [0.15, 0.2) is 23.4 Å². The second-order valence-electron chi connectivity index (χ2n) is 3.83. The number of anilines is 1. The maximum absolute atomic E-state index is 12.2. The molecule has 0 fully saturated rings. The van der Waals surface area contributed by atoms with E-state index < -0.39 is 15.9 Å². The lowest BCUT2D eigenvalue weighted by atomic mass is 10.2. The highest BCUT2D eigenvalue weighted by molar-refractivity contribution is 7.89. The second kappa shape index (κ2) is 5.77. The monoisotopic (exact) mass is 269 g/mol. The maximum Gasteiger partial charge on any atom is 0.246 e. The van der Waals surface area contributed by atoms with Gasteiger partial charge in [-0.05, 0) is 13.0 Å². The first-order valence-corrected chi connectivity index (χ1v) is 6.64. The van der Waals surface area contributed by atoms with Crippen molar-refractivity contribution in [2.24, 2.45) is 11.8 Å². The van der Waals surface area contributed by atoms with Gasteiger partial charge in [0.05, 0.1) is 17.7 Å². The fraction of sp³-hybridized carbons (Fsp3) is 0.400. The average Bonchev–Trinajstić information content (AvgIpc) is 2.38. The number of sulfonamides is 1. The standard InChI is InChI=1S/C10H15N5O2S/c1-8(5-11)7-15(2)18(16,17)10-6-13-4-3-9(10)14-12/h3-4,6,8H,7,12H2,1-2H3,(H,13,14). The molecule has 18 heavy (non-hydrogen) atoms. The number of hydrogen-bond donors (Lipinski definition) is 2. The summed E-state index contributed by atoms with van der Waals surface area (Å²) < 4.78 is 25.6. The molecule has 0 aliphatic carbocycles. The first-order chi connectivity index (χ1) is 8.43. The molecule has 3 N–H and O–H groups in total. The first-order valence-electron chi connectivity index (χ1n) is 5.20. The van der Waals surface area contributed by atoms with Crippen molar-refractivity contribution in [3.8, 4) is 6.07 Å². The van der Waals surface area contributed by atoms with E-state index in [-0.39, 0.29) is 17.1 Å². The van der Waals surface area contributed by atoms with Crippen molar-refractivity contribution in [3.63, 3.8) is 0 Å². The quantitative estimate of drug-likeness (QED) is 0.581. The van der Waals surface area contributed by atoms with Gasteiger partial charge in [-0.1, -0.05) is 0 Å². The fourth-order valence-electron chi connectivity index (χ4n) is 1.40. The van der Waals surface area contributed by atoms with E-state index in [0.29, 0.717) is 0 Å². The summed E-state index contributed by atoms with van der Waals surface area (Å²) in [5.74, 6) is 4.87. The summed E-state index contributed by atoms with van der Waals surface area (Å²) in [7, 11) is -2.30. The third kappa shape index (κ3) is 2.95. The van der Waals surface area contributed by atoms with Crippen molar-refractivity contribution in [1.29, 1.82) is 5.26 Å². The molecule has 0 aliphatic heterocycles. The molecular weight excluding hydrogens is 254 g/mol. The Morgan fingerprint density at radius 2 is 2.33 bits per heavy atom. The van der Waals surface area contributed by atoms with E-state index in [1.54, 1.807) is 6.92 Å². The zero-order valence-electron chi connectivity index (χ0n) is 10.2. The minimum absolute atomic E-state index is 0.0138. The van der Waals surface area contributed by atoms with E-state index in [4.69, 9.17) is 11.1 Å². The van der Waals surface area contributed by atoms with Gasteiger partial charge in [0, 0.05) is 26.0 Å². The van der Waals surface area contributed by atoms with Gasteiger partial charge in [0.2, 0.25) is 10.0 Å². The van der Waals surface area contributed by atoms with Crippen LogP contribution in [0.1, 0.15) is 6.92 Å². The zero-order chi connectivity index (χ0) is 13.8. The average molecular weight is 269 g/mol. The molecule has 1 atom stereocenters. The fourth-order valence-corrected chi connectivity index (χ4v) is 2.75. The number of nitrogens with one attached hydrogen (secondary N) is 1. The molecular formula is C10H15N5O2S. The predicted molar refractivity (Wildman–Crippen MR) is 66.6 cm³/mol. The number of aromatic nitrogens is 1. The van der Waals surface area contributed by atoms with Crippen LogP contribution in [0.4, 0.5) is 5.69 Å². The lowest BCUT2D eigenvalue weighted by Gasteiger charge is -2.19. The van der Waals surface area contributed by atoms with E-state index in [0.717, 1.165) is 4.31 Å². The Balaban J connectivity index is 3.10. The maximum atomic E-state index is 12.2. The molecule has 8 heteroatoms. The highest BCUT2D eigenvalue weighted by atomic mass is 32.2. The summed E-state index contributed by atoms with van der Waals surface area (Å²) in [5.41, 5.74) is 2.58. The van der Waals surface area contributed by atoms with Crippen LogP contribution in [0.3, 0.4) is 0 Å². The van der Waals surface area contributed by atoms with Gasteiger partial charge in [-0.2, -0.15) is 9.57 Å². The minimum atomic E-state index is -3.71. The molecule has 0 bridgehead atoms. The topological polar surface area (TPSA) is 112 Å². The largest absolute Gasteiger partial charge is 0.323 e. The van der Waals surface area contributed by atoms with Gasteiger partial charge in [-0.3, -0.25) is 10.8 Å². The van der Waals surface area contributed by atoms with Crippen molar-refractivity contribution in [3.05, 3.63) is 18.5 Å². The molecule has 1 unspecified atom stereocenters. The number of rotatable bonds is 5. The number of nitriles is 1. The minimum Gasteiger partial charge on any atom is -0.323 e. The number of hydrazine groups is 1. The summed E-state index contributed by atoms with van der Waals surface area (Å²) in [4.78, 5) is 3.76. The molecule has 0 aliphatic rings. The molecule has 7 nitrogen and oxygen atoms in total. The van der Waals surface area contributed by atoms with E-state index in [2.05, 4.69) is 10.4 Å². The van der Waals surface area contributed by atoms with Crippen LogP contribution in [0, 0.1) is 17.2 Å². The number of hydrogen-bond acceptors (Lipinski definition) is 6. The smallest absolute Gasteiger partial charge is 0.246 e. The van der Waals surface area contributed by atoms with Crippen LogP contribution in [0.2, 0.25) is 0 Å². The summed E-state index contributed by atoms with van der Waals surface area (Å²) >= 11 is 0. The van der Waals surface area contributed by atoms with Crippen LogP contribution in [0.25, 0.3) is 0 Å². The third-order valence-corrected chi connectivity index (χ3v) is 4.23.